The van der Waals surface area contributed by atoms with Gasteiger partial charge in [-0.2, -0.15) is 5.10 Å². The lowest BCUT2D eigenvalue weighted by Crippen LogP contribution is -2.24. The first-order valence-electron chi connectivity index (χ1n) is 6.59. The van der Waals surface area contributed by atoms with E-state index in [-0.39, 0.29) is 12.1 Å². The Balaban J connectivity index is 1.98. The molecule has 19 heavy (non-hydrogen) atoms. The summed E-state index contributed by atoms with van der Waals surface area (Å²) < 4.78 is 17.8. The zero-order valence-electron chi connectivity index (χ0n) is 11.4. The van der Waals surface area contributed by atoms with E-state index in [1.807, 2.05) is 0 Å². The molecule has 0 spiro atoms. The van der Waals surface area contributed by atoms with Crippen LogP contribution in [0.25, 0.3) is 0 Å². The Labute approximate surface area is 112 Å². The van der Waals surface area contributed by atoms with Crippen LogP contribution in [-0.4, -0.2) is 41.7 Å². The Hall–Kier alpha value is -1.40. The van der Waals surface area contributed by atoms with Gasteiger partial charge in [-0.15, -0.1) is 0 Å². The second kappa shape index (κ2) is 6.68. The molecule has 6 nitrogen and oxygen atoms in total. The topological polar surface area (TPSA) is 62.6 Å². The van der Waals surface area contributed by atoms with Gasteiger partial charge in [-0.25, -0.2) is 4.79 Å². The third kappa shape index (κ3) is 3.54. The van der Waals surface area contributed by atoms with Crippen LogP contribution in [0.4, 0.5) is 0 Å². The van der Waals surface area contributed by atoms with Crippen LogP contribution in [-0.2, 0) is 27.9 Å². The number of rotatable bonds is 5. The van der Waals surface area contributed by atoms with Gasteiger partial charge in [-0.1, -0.05) is 0 Å². The van der Waals surface area contributed by atoms with E-state index in [9.17, 15) is 4.79 Å². The lowest BCUT2D eigenvalue weighted by molar-refractivity contribution is -0.0409. The average molecular weight is 268 g/mol. The maximum absolute atomic E-state index is 11.8. The van der Waals surface area contributed by atoms with Crippen molar-refractivity contribution in [2.24, 2.45) is 7.05 Å². The molecule has 1 aliphatic rings. The number of hydrogen-bond donors (Lipinski definition) is 0. The van der Waals surface area contributed by atoms with E-state index in [0.29, 0.717) is 18.8 Å². The standard InChI is InChI=1S/C13H20N2O4/c1-3-18-13(16)11-8-14-15(2)12(11)9-19-10-4-6-17-7-5-10/h8,10H,3-7,9H2,1-2H3. The minimum Gasteiger partial charge on any atom is -0.462 e. The first-order chi connectivity index (χ1) is 9.22. The van der Waals surface area contributed by atoms with E-state index in [4.69, 9.17) is 14.2 Å². The predicted octanol–water partition coefficient (Wildman–Crippen LogP) is 1.29. The Bertz CT molecular complexity index is 424. The molecule has 0 atom stereocenters. The fourth-order valence-corrected chi connectivity index (χ4v) is 2.05. The maximum atomic E-state index is 11.8. The molecule has 0 aromatic carbocycles. The summed E-state index contributed by atoms with van der Waals surface area (Å²) in [6.07, 6.45) is 3.51. The van der Waals surface area contributed by atoms with E-state index in [1.165, 1.54) is 6.20 Å². The van der Waals surface area contributed by atoms with Crippen LogP contribution in [0.5, 0.6) is 0 Å². The first-order valence-corrected chi connectivity index (χ1v) is 6.59. The highest BCUT2D eigenvalue weighted by molar-refractivity contribution is 5.90. The lowest BCUT2D eigenvalue weighted by Gasteiger charge is -2.22. The number of esters is 1. The summed E-state index contributed by atoms with van der Waals surface area (Å²) in [5.74, 6) is -0.346. The molecule has 0 N–H and O–H groups in total. The molecule has 0 bridgehead atoms. The number of hydrogen-bond acceptors (Lipinski definition) is 5. The zero-order chi connectivity index (χ0) is 13.7. The normalized spacial score (nSPS) is 16.5. The maximum Gasteiger partial charge on any atom is 0.341 e. The number of carbonyl (C=O) groups is 1. The Kier molecular flexibility index (Phi) is 4.93. The van der Waals surface area contributed by atoms with Crippen LogP contribution in [0.1, 0.15) is 35.8 Å². The van der Waals surface area contributed by atoms with Crippen molar-refractivity contribution in [3.05, 3.63) is 17.5 Å². The lowest BCUT2D eigenvalue weighted by atomic mass is 10.1. The molecule has 6 heteroatoms. The first kappa shape index (κ1) is 14.0. The van der Waals surface area contributed by atoms with Gasteiger partial charge < -0.3 is 14.2 Å². The fourth-order valence-electron chi connectivity index (χ4n) is 2.05. The van der Waals surface area contributed by atoms with Crippen molar-refractivity contribution >= 4 is 5.97 Å². The van der Waals surface area contributed by atoms with Gasteiger partial charge in [0, 0.05) is 20.3 Å². The van der Waals surface area contributed by atoms with Gasteiger partial charge in [-0.3, -0.25) is 4.68 Å². The molecule has 2 rings (SSSR count). The third-order valence-electron chi connectivity index (χ3n) is 3.18. The summed E-state index contributed by atoms with van der Waals surface area (Å²) in [5, 5.41) is 4.09. The molecule has 0 radical (unpaired) electrons. The van der Waals surface area contributed by atoms with Crippen molar-refractivity contribution in [3.63, 3.8) is 0 Å². The number of carbonyl (C=O) groups excluding carboxylic acids is 1. The minimum absolute atomic E-state index is 0.193. The van der Waals surface area contributed by atoms with Crippen molar-refractivity contribution in [1.29, 1.82) is 0 Å². The van der Waals surface area contributed by atoms with E-state index < -0.39 is 0 Å². The number of ether oxygens (including phenoxy) is 3. The summed E-state index contributed by atoms with van der Waals surface area (Å²) in [5.41, 5.74) is 1.24. The van der Waals surface area contributed by atoms with Gasteiger partial charge in [0.1, 0.15) is 5.56 Å². The second-order valence-corrected chi connectivity index (χ2v) is 4.47. The summed E-state index contributed by atoms with van der Waals surface area (Å²) in [6.45, 7) is 3.98. The van der Waals surface area contributed by atoms with Crippen LogP contribution in [0.3, 0.4) is 0 Å². The molecule has 1 fully saturated rings. The second-order valence-electron chi connectivity index (χ2n) is 4.47. The molecule has 0 amide bonds. The van der Waals surface area contributed by atoms with Crippen LogP contribution in [0, 0.1) is 0 Å². The van der Waals surface area contributed by atoms with Crippen LogP contribution < -0.4 is 0 Å². The smallest absolute Gasteiger partial charge is 0.341 e. The van der Waals surface area contributed by atoms with Gasteiger partial charge in [-0.05, 0) is 19.8 Å². The molecular weight excluding hydrogens is 248 g/mol. The average Bonchev–Trinajstić information content (AvgIpc) is 2.79. The van der Waals surface area contributed by atoms with Gasteiger partial charge >= 0.3 is 5.97 Å². The number of aromatic nitrogens is 2. The van der Waals surface area contributed by atoms with Gasteiger partial charge in [0.2, 0.25) is 0 Å². The molecule has 106 valence electrons. The predicted molar refractivity (Wildman–Crippen MR) is 67.8 cm³/mol. The van der Waals surface area contributed by atoms with Crippen molar-refractivity contribution in [2.75, 3.05) is 19.8 Å². The van der Waals surface area contributed by atoms with Crippen LogP contribution in [0.15, 0.2) is 6.20 Å². The van der Waals surface area contributed by atoms with Gasteiger partial charge in [0.15, 0.2) is 0 Å². The Morgan fingerprint density at radius 2 is 2.26 bits per heavy atom. The SMILES string of the molecule is CCOC(=O)c1cnn(C)c1COC1CCOCC1. The minimum atomic E-state index is -0.346. The summed E-state index contributed by atoms with van der Waals surface area (Å²) in [4.78, 5) is 11.8. The number of nitrogens with zero attached hydrogens (tertiary/aromatic N) is 2. The molecule has 1 aromatic heterocycles. The molecule has 1 saturated heterocycles. The van der Waals surface area contributed by atoms with Crippen molar-refractivity contribution in [1.82, 2.24) is 9.78 Å². The Morgan fingerprint density at radius 3 is 2.95 bits per heavy atom. The molecule has 2 heterocycles. The van der Waals surface area contributed by atoms with Crippen LogP contribution in [0.2, 0.25) is 0 Å². The largest absolute Gasteiger partial charge is 0.462 e. The molecule has 1 aliphatic heterocycles. The number of aryl methyl sites for hydroxylation is 1. The van der Waals surface area contributed by atoms with E-state index >= 15 is 0 Å². The summed E-state index contributed by atoms with van der Waals surface area (Å²) in [7, 11) is 1.80. The zero-order valence-corrected chi connectivity index (χ0v) is 11.4. The molecule has 1 aromatic rings. The highest BCUT2D eigenvalue weighted by Crippen LogP contribution is 2.16. The summed E-state index contributed by atoms with van der Waals surface area (Å²) >= 11 is 0. The van der Waals surface area contributed by atoms with Crippen molar-refractivity contribution in [3.8, 4) is 0 Å². The Morgan fingerprint density at radius 1 is 1.53 bits per heavy atom. The van der Waals surface area contributed by atoms with Gasteiger partial charge in [0.25, 0.3) is 0 Å². The molecule has 0 saturated carbocycles. The van der Waals surface area contributed by atoms with Crippen molar-refractivity contribution < 1.29 is 19.0 Å². The van der Waals surface area contributed by atoms with E-state index in [1.54, 1.807) is 18.7 Å². The third-order valence-corrected chi connectivity index (χ3v) is 3.18. The van der Waals surface area contributed by atoms with Crippen LogP contribution >= 0.6 is 0 Å². The summed E-state index contributed by atoms with van der Waals surface area (Å²) in [6, 6.07) is 0. The quantitative estimate of drug-likeness (QED) is 0.753. The van der Waals surface area contributed by atoms with E-state index in [2.05, 4.69) is 5.10 Å². The highest BCUT2D eigenvalue weighted by Gasteiger charge is 2.20. The monoisotopic (exact) mass is 268 g/mol. The molecule has 0 unspecified atom stereocenters. The van der Waals surface area contributed by atoms with Gasteiger partial charge in [0.05, 0.1) is 31.2 Å². The highest BCUT2D eigenvalue weighted by atomic mass is 16.5. The molecule has 0 aliphatic carbocycles. The van der Waals surface area contributed by atoms with Crippen molar-refractivity contribution in [2.45, 2.75) is 32.5 Å². The van der Waals surface area contributed by atoms with E-state index in [0.717, 1.165) is 31.7 Å². The molecular formula is C13H20N2O4. The fraction of sp³-hybridized carbons (Fsp3) is 0.692.